The maximum Gasteiger partial charge on any atom is 0.412 e. The Hall–Kier alpha value is -1.59. The second-order valence-electron chi connectivity index (χ2n) is 6.90. The van der Waals surface area contributed by atoms with Gasteiger partial charge in [0.25, 0.3) is 0 Å². The number of aryl methyl sites for hydroxylation is 1. The van der Waals surface area contributed by atoms with Crippen LogP contribution >= 0.6 is 0 Å². The maximum absolute atomic E-state index is 11.9. The fourth-order valence-corrected chi connectivity index (χ4v) is 2.63. The van der Waals surface area contributed by atoms with E-state index in [0.717, 1.165) is 30.9 Å². The van der Waals surface area contributed by atoms with Crippen molar-refractivity contribution in [2.75, 3.05) is 32.0 Å². The van der Waals surface area contributed by atoms with Gasteiger partial charge in [-0.3, -0.25) is 10.2 Å². The van der Waals surface area contributed by atoms with Gasteiger partial charge >= 0.3 is 6.09 Å². The third-order valence-electron chi connectivity index (χ3n) is 3.78. The van der Waals surface area contributed by atoms with Gasteiger partial charge in [-0.25, -0.2) is 4.79 Å². The lowest BCUT2D eigenvalue weighted by Crippen LogP contribution is -2.43. The molecule has 5 nitrogen and oxygen atoms in total. The van der Waals surface area contributed by atoms with Crippen LogP contribution in [0.2, 0.25) is 0 Å². The highest BCUT2D eigenvalue weighted by molar-refractivity contribution is 5.85. The lowest BCUT2D eigenvalue weighted by Gasteiger charge is -2.33. The molecular weight excluding hydrogens is 278 g/mol. The first-order valence-corrected chi connectivity index (χ1v) is 7.78. The van der Waals surface area contributed by atoms with E-state index in [-0.39, 0.29) is 0 Å². The minimum Gasteiger partial charge on any atom is -0.444 e. The number of anilines is 1. The van der Waals surface area contributed by atoms with Crippen molar-refractivity contribution in [1.29, 1.82) is 0 Å². The van der Waals surface area contributed by atoms with E-state index in [9.17, 15) is 4.79 Å². The topological polar surface area (TPSA) is 53.6 Å². The molecule has 1 amide bonds. The Morgan fingerprint density at radius 2 is 2.14 bits per heavy atom. The van der Waals surface area contributed by atoms with Crippen LogP contribution in [0.4, 0.5) is 10.5 Å². The minimum absolute atomic E-state index is 0.378. The Bertz CT molecular complexity index is 537. The van der Waals surface area contributed by atoms with Crippen LogP contribution in [0.1, 0.15) is 37.9 Å². The predicted octanol–water partition coefficient (Wildman–Crippen LogP) is 2.92. The molecule has 122 valence electrons. The number of ether oxygens (including phenoxy) is 1. The van der Waals surface area contributed by atoms with Crippen molar-refractivity contribution >= 4 is 11.8 Å². The Kier molecular flexibility index (Phi) is 5.08. The molecule has 0 aromatic heterocycles. The second kappa shape index (κ2) is 6.67. The number of hydrogen-bond donors (Lipinski definition) is 2. The van der Waals surface area contributed by atoms with Crippen LogP contribution in [-0.2, 0) is 4.74 Å². The normalized spacial score (nSPS) is 19.8. The van der Waals surface area contributed by atoms with Crippen molar-refractivity contribution in [3.63, 3.8) is 0 Å². The van der Waals surface area contributed by atoms with Crippen molar-refractivity contribution in [3.8, 4) is 0 Å². The number of amides is 1. The lowest BCUT2D eigenvalue weighted by molar-refractivity contribution is 0.0636. The zero-order valence-corrected chi connectivity index (χ0v) is 14.2. The van der Waals surface area contributed by atoms with Crippen LogP contribution in [0.3, 0.4) is 0 Å². The third kappa shape index (κ3) is 4.45. The highest BCUT2D eigenvalue weighted by Gasteiger charge is 2.21. The number of carbonyl (C=O) groups excluding carboxylic acids is 1. The maximum atomic E-state index is 11.9. The van der Waals surface area contributed by atoms with Gasteiger partial charge in [-0.2, -0.15) is 0 Å². The molecule has 1 unspecified atom stereocenters. The molecule has 0 bridgehead atoms. The van der Waals surface area contributed by atoms with Gasteiger partial charge in [-0.05, 0) is 51.9 Å². The number of rotatable bonds is 2. The summed E-state index contributed by atoms with van der Waals surface area (Å²) in [7, 11) is 2.15. The summed E-state index contributed by atoms with van der Waals surface area (Å²) in [5.74, 6) is 0. The van der Waals surface area contributed by atoms with Gasteiger partial charge in [-0.1, -0.05) is 12.1 Å². The highest BCUT2D eigenvalue weighted by Crippen LogP contribution is 2.25. The predicted molar refractivity (Wildman–Crippen MR) is 89.3 cm³/mol. The number of hydrogen-bond acceptors (Lipinski definition) is 4. The largest absolute Gasteiger partial charge is 0.444 e. The Morgan fingerprint density at radius 1 is 1.41 bits per heavy atom. The van der Waals surface area contributed by atoms with E-state index in [1.165, 1.54) is 5.56 Å². The first-order chi connectivity index (χ1) is 10.3. The third-order valence-corrected chi connectivity index (χ3v) is 3.78. The summed E-state index contributed by atoms with van der Waals surface area (Å²) in [4.78, 5) is 14.2. The van der Waals surface area contributed by atoms with Crippen LogP contribution in [-0.4, -0.2) is 43.3 Å². The van der Waals surface area contributed by atoms with Gasteiger partial charge < -0.3 is 10.1 Å². The van der Waals surface area contributed by atoms with Gasteiger partial charge in [0.15, 0.2) is 0 Å². The number of benzene rings is 1. The van der Waals surface area contributed by atoms with E-state index in [4.69, 9.17) is 4.74 Å². The molecule has 1 aliphatic heterocycles. The molecule has 0 radical (unpaired) electrons. The fourth-order valence-electron chi connectivity index (χ4n) is 2.63. The summed E-state index contributed by atoms with van der Waals surface area (Å²) in [6.07, 6.45) is -0.417. The Balaban J connectivity index is 2.08. The van der Waals surface area contributed by atoms with Crippen LogP contribution < -0.4 is 10.6 Å². The molecular formula is C17H27N3O2. The zero-order chi connectivity index (χ0) is 16.3. The van der Waals surface area contributed by atoms with Crippen LogP contribution in [0.5, 0.6) is 0 Å². The molecule has 1 atom stereocenters. The molecule has 0 aliphatic carbocycles. The quantitative estimate of drug-likeness (QED) is 0.882. The van der Waals surface area contributed by atoms with Crippen molar-refractivity contribution in [2.45, 2.75) is 39.3 Å². The molecule has 0 saturated carbocycles. The molecule has 2 N–H and O–H groups in total. The number of nitrogens with one attached hydrogen (secondary N) is 2. The van der Waals surface area contributed by atoms with Gasteiger partial charge in [-0.15, -0.1) is 0 Å². The first-order valence-electron chi connectivity index (χ1n) is 7.78. The number of carbonyl (C=O) groups is 1. The average Bonchev–Trinajstić information content (AvgIpc) is 2.39. The van der Waals surface area contributed by atoms with Crippen molar-refractivity contribution in [1.82, 2.24) is 10.2 Å². The van der Waals surface area contributed by atoms with Gasteiger partial charge in [0.05, 0.1) is 0 Å². The van der Waals surface area contributed by atoms with Crippen LogP contribution in [0.25, 0.3) is 0 Å². The molecule has 0 spiro atoms. The van der Waals surface area contributed by atoms with Gasteiger partial charge in [0, 0.05) is 31.4 Å². The van der Waals surface area contributed by atoms with Crippen molar-refractivity contribution in [2.24, 2.45) is 0 Å². The molecule has 1 aromatic rings. The summed E-state index contributed by atoms with van der Waals surface area (Å²) in [5, 5.41) is 6.24. The van der Waals surface area contributed by atoms with Crippen molar-refractivity contribution in [3.05, 3.63) is 29.3 Å². The summed E-state index contributed by atoms with van der Waals surface area (Å²) in [6.45, 7) is 10.6. The molecule has 1 aromatic carbocycles. The summed E-state index contributed by atoms with van der Waals surface area (Å²) >= 11 is 0. The zero-order valence-electron chi connectivity index (χ0n) is 14.2. The Labute approximate surface area is 133 Å². The highest BCUT2D eigenvalue weighted by atomic mass is 16.6. The molecule has 5 heteroatoms. The fraction of sp³-hybridized carbons (Fsp3) is 0.588. The molecule has 1 saturated heterocycles. The monoisotopic (exact) mass is 305 g/mol. The minimum atomic E-state index is -0.492. The van der Waals surface area contributed by atoms with E-state index in [1.807, 2.05) is 33.8 Å². The van der Waals surface area contributed by atoms with E-state index in [0.29, 0.717) is 6.04 Å². The van der Waals surface area contributed by atoms with E-state index >= 15 is 0 Å². The number of nitrogens with zero attached hydrogens (tertiary/aromatic N) is 1. The average molecular weight is 305 g/mol. The van der Waals surface area contributed by atoms with Gasteiger partial charge in [0.1, 0.15) is 5.60 Å². The van der Waals surface area contributed by atoms with Gasteiger partial charge in [0.2, 0.25) is 0 Å². The van der Waals surface area contributed by atoms with E-state index in [2.05, 4.69) is 34.7 Å². The molecule has 1 aliphatic rings. The van der Waals surface area contributed by atoms with E-state index < -0.39 is 11.7 Å². The summed E-state index contributed by atoms with van der Waals surface area (Å²) < 4.78 is 5.29. The SMILES string of the molecule is Cc1cc(C2CNCCN2C)ccc1NC(=O)OC(C)(C)C. The standard InChI is InChI=1S/C17H27N3O2/c1-12-10-13(15-11-18-8-9-20(15)5)6-7-14(12)19-16(21)22-17(2,3)4/h6-7,10,15,18H,8-9,11H2,1-5H3,(H,19,21). The van der Waals surface area contributed by atoms with Crippen LogP contribution in [0.15, 0.2) is 18.2 Å². The summed E-state index contributed by atoms with van der Waals surface area (Å²) in [6, 6.07) is 6.55. The smallest absolute Gasteiger partial charge is 0.412 e. The molecule has 1 fully saturated rings. The molecule has 1 heterocycles. The van der Waals surface area contributed by atoms with E-state index in [1.54, 1.807) is 0 Å². The lowest BCUT2D eigenvalue weighted by atomic mass is 10.0. The Morgan fingerprint density at radius 3 is 2.73 bits per heavy atom. The van der Waals surface area contributed by atoms with Crippen LogP contribution in [0, 0.1) is 6.92 Å². The number of likely N-dealkylation sites (N-methyl/N-ethyl adjacent to an activating group) is 1. The second-order valence-corrected chi connectivity index (χ2v) is 6.90. The number of piperazine rings is 1. The first kappa shape index (κ1) is 16.8. The molecule has 2 rings (SSSR count). The van der Waals surface area contributed by atoms with Crippen molar-refractivity contribution < 1.29 is 9.53 Å². The molecule has 22 heavy (non-hydrogen) atoms. The summed E-state index contributed by atoms with van der Waals surface area (Å²) in [5.41, 5.74) is 2.61.